The molecule has 0 fully saturated rings. The van der Waals surface area contributed by atoms with Crippen LogP contribution in [0.1, 0.15) is 156 Å². The Bertz CT molecular complexity index is 1230. The van der Waals surface area contributed by atoms with E-state index in [2.05, 4.69) is 68.9 Å². The predicted octanol–water partition coefficient (Wildman–Crippen LogP) is 13.1. The number of carboxylic acid groups (broad SMARTS) is 1. The Kier molecular flexibility index (Phi) is 24.9. The van der Waals surface area contributed by atoms with Crippen molar-refractivity contribution >= 4 is 41.3 Å². The van der Waals surface area contributed by atoms with Gasteiger partial charge in [-0.15, -0.1) is 0 Å². The van der Waals surface area contributed by atoms with Crippen LogP contribution in [0.3, 0.4) is 0 Å². The smallest absolute Gasteiger partial charge is 0.309 e. The second-order valence-corrected chi connectivity index (χ2v) is 15.0. The Hall–Kier alpha value is -2.99. The van der Waals surface area contributed by atoms with Crippen molar-refractivity contribution in [2.24, 2.45) is 16.2 Å². The summed E-state index contributed by atoms with van der Waals surface area (Å²) in [5.74, 6) is -0.315. The van der Waals surface area contributed by atoms with Gasteiger partial charge in [0.2, 0.25) is 0 Å². The lowest BCUT2D eigenvalue weighted by molar-refractivity contribution is -0.147. The summed E-state index contributed by atoms with van der Waals surface area (Å²) in [6.07, 6.45) is 8.88. The van der Waals surface area contributed by atoms with E-state index in [0.29, 0.717) is 47.9 Å². The number of aliphatic carboxylic acids is 1. The van der Waals surface area contributed by atoms with E-state index in [-0.39, 0.29) is 22.0 Å². The zero-order valence-corrected chi connectivity index (χ0v) is 32.6. The number of ketones is 1. The number of carbonyl (C=O) groups is 3. The summed E-state index contributed by atoms with van der Waals surface area (Å²) in [7, 11) is 0. The molecule has 1 aromatic carbocycles. The molecule has 0 atom stereocenters. The van der Waals surface area contributed by atoms with Crippen molar-refractivity contribution in [3.8, 4) is 0 Å². The maximum absolute atomic E-state index is 13.4. The standard InChI is InChI=1S/C16H12ClFO2.C13H24O3.C5H12.C4H10.C2H6/c1-10(12-4-5-14(17)15(18)8-12)3-6-16-11(2)7-13(9-19)20-16;1-12(2,3)8-6-10(14)7-9-13(4,5)11(15)16;1-5(2,3)4;1-3-4-2;1-2/h3-9H,1H2,2H3;6-9H2,1-5H3,(H,15,16);1-4H3;3-4H2,1-2H3;1-2H3/b6-3-;;;;. The van der Waals surface area contributed by atoms with Crippen LogP contribution in [0.15, 0.2) is 41.3 Å². The molecule has 1 N–H and O–H groups in total. The lowest BCUT2D eigenvalue weighted by Gasteiger charge is -2.20. The Morgan fingerprint density at radius 3 is 1.81 bits per heavy atom. The lowest BCUT2D eigenvalue weighted by atomic mass is 9.85. The van der Waals surface area contributed by atoms with Crippen molar-refractivity contribution in [1.29, 1.82) is 0 Å². The molecule has 7 heteroatoms. The van der Waals surface area contributed by atoms with Crippen molar-refractivity contribution in [2.45, 2.75) is 135 Å². The van der Waals surface area contributed by atoms with Gasteiger partial charge in [-0.05, 0) is 85.4 Å². The number of halogens is 2. The largest absolute Gasteiger partial charge is 0.481 e. The summed E-state index contributed by atoms with van der Waals surface area (Å²) in [4.78, 5) is 33.0. The molecule has 0 saturated heterocycles. The van der Waals surface area contributed by atoms with Crippen LogP contribution in [0.4, 0.5) is 4.39 Å². The van der Waals surface area contributed by atoms with Gasteiger partial charge >= 0.3 is 5.97 Å². The fourth-order valence-electron chi connectivity index (χ4n) is 2.91. The number of unbranched alkanes of at least 4 members (excludes halogenated alkanes) is 1. The molecular formula is C40H64ClFO5. The van der Waals surface area contributed by atoms with Gasteiger partial charge in [0.05, 0.1) is 10.4 Å². The monoisotopic (exact) mass is 678 g/mol. The van der Waals surface area contributed by atoms with Crippen LogP contribution in [-0.2, 0) is 9.59 Å². The minimum Gasteiger partial charge on any atom is -0.481 e. The molecule has 47 heavy (non-hydrogen) atoms. The number of aryl methyl sites for hydroxylation is 1. The number of Topliss-reactive ketones (excluding diaryl/α,β-unsaturated/α-hetero) is 1. The lowest BCUT2D eigenvalue weighted by Crippen LogP contribution is -2.24. The summed E-state index contributed by atoms with van der Waals surface area (Å²) >= 11 is 5.63. The van der Waals surface area contributed by atoms with E-state index in [0.717, 1.165) is 12.0 Å². The molecule has 0 bridgehead atoms. The van der Waals surface area contributed by atoms with E-state index in [1.165, 1.54) is 25.0 Å². The zero-order valence-electron chi connectivity index (χ0n) is 31.8. The predicted molar refractivity (Wildman–Crippen MR) is 200 cm³/mol. The van der Waals surface area contributed by atoms with Crippen molar-refractivity contribution < 1.29 is 28.3 Å². The quantitative estimate of drug-likeness (QED) is 0.189. The summed E-state index contributed by atoms with van der Waals surface area (Å²) in [5.41, 5.74) is 1.96. The Morgan fingerprint density at radius 2 is 1.43 bits per heavy atom. The van der Waals surface area contributed by atoms with Crippen LogP contribution in [0, 0.1) is 29.0 Å². The fourth-order valence-corrected chi connectivity index (χ4v) is 3.03. The highest BCUT2D eigenvalue weighted by Crippen LogP contribution is 2.26. The summed E-state index contributed by atoms with van der Waals surface area (Å²) in [5, 5.41) is 8.97. The molecule has 0 aliphatic rings. The van der Waals surface area contributed by atoms with Crippen LogP contribution in [-0.4, -0.2) is 23.1 Å². The number of rotatable bonds is 11. The topological polar surface area (TPSA) is 84.6 Å². The van der Waals surface area contributed by atoms with Crippen LogP contribution in [0.2, 0.25) is 5.02 Å². The molecule has 2 rings (SSSR count). The van der Waals surface area contributed by atoms with Gasteiger partial charge in [0, 0.05) is 12.8 Å². The van der Waals surface area contributed by atoms with Gasteiger partial charge in [0.15, 0.2) is 12.0 Å². The molecule has 1 aromatic heterocycles. The van der Waals surface area contributed by atoms with Gasteiger partial charge in [-0.1, -0.05) is 119 Å². The molecule has 268 valence electrons. The minimum atomic E-state index is -0.837. The average Bonchev–Trinajstić information content (AvgIpc) is 3.34. The number of aldehydes is 1. The molecule has 0 radical (unpaired) electrons. The van der Waals surface area contributed by atoms with E-state index in [9.17, 15) is 18.8 Å². The van der Waals surface area contributed by atoms with Gasteiger partial charge < -0.3 is 9.52 Å². The molecule has 0 unspecified atom stereocenters. The van der Waals surface area contributed by atoms with Gasteiger partial charge in [0.1, 0.15) is 17.4 Å². The highest BCUT2D eigenvalue weighted by molar-refractivity contribution is 6.30. The van der Waals surface area contributed by atoms with Gasteiger partial charge in [0.25, 0.3) is 0 Å². The Labute approximate surface area is 291 Å². The normalized spacial score (nSPS) is 11.0. The first-order valence-corrected chi connectivity index (χ1v) is 17.0. The van der Waals surface area contributed by atoms with Gasteiger partial charge in [-0.2, -0.15) is 0 Å². The van der Waals surface area contributed by atoms with Crippen LogP contribution in [0.5, 0.6) is 0 Å². The molecule has 1 heterocycles. The first kappa shape index (κ1) is 48.4. The molecule has 0 aliphatic heterocycles. The molecule has 0 aliphatic carbocycles. The van der Waals surface area contributed by atoms with E-state index in [1.54, 1.807) is 38.1 Å². The molecule has 0 amide bonds. The minimum absolute atomic E-state index is 0.0723. The number of benzene rings is 1. The first-order chi connectivity index (χ1) is 21.5. The highest BCUT2D eigenvalue weighted by atomic mass is 35.5. The number of carbonyl (C=O) groups excluding carboxylic acids is 2. The average molecular weight is 679 g/mol. The Balaban J connectivity index is -0.000000638. The van der Waals surface area contributed by atoms with Crippen molar-refractivity contribution in [2.75, 3.05) is 0 Å². The number of carboxylic acids is 1. The number of furan rings is 1. The van der Waals surface area contributed by atoms with E-state index >= 15 is 0 Å². The first-order valence-electron chi connectivity index (χ1n) is 16.6. The van der Waals surface area contributed by atoms with Crippen molar-refractivity contribution in [3.63, 3.8) is 0 Å². The maximum Gasteiger partial charge on any atom is 0.309 e. The summed E-state index contributed by atoms with van der Waals surface area (Å²) in [6, 6.07) is 6.13. The zero-order chi connectivity index (χ0) is 37.6. The summed E-state index contributed by atoms with van der Waals surface area (Å²) in [6.45, 7) is 32.4. The van der Waals surface area contributed by atoms with Crippen molar-refractivity contribution in [3.05, 3.63) is 70.4 Å². The third kappa shape index (κ3) is 26.7. The fraction of sp³-hybridized carbons (Fsp3) is 0.575. The number of allylic oxidation sites excluding steroid dienone is 2. The molecule has 5 nitrogen and oxygen atoms in total. The second kappa shape index (κ2) is 24.2. The van der Waals surface area contributed by atoms with E-state index in [4.69, 9.17) is 21.1 Å². The maximum atomic E-state index is 13.4. The summed E-state index contributed by atoms with van der Waals surface area (Å²) < 4.78 is 18.7. The SMILES string of the molecule is C=C(/C=C\c1oc(C=O)cc1C)c1ccc(Cl)c(F)c1.CC.CC(C)(C)C.CC(C)(C)CCC(=O)CCC(C)(C)C(=O)O.CCCC. The molecular weight excluding hydrogens is 615 g/mol. The molecule has 0 spiro atoms. The third-order valence-corrected chi connectivity index (χ3v) is 6.39. The Morgan fingerprint density at radius 1 is 0.936 bits per heavy atom. The third-order valence-electron chi connectivity index (χ3n) is 6.08. The van der Waals surface area contributed by atoms with E-state index < -0.39 is 17.2 Å². The number of hydrogen-bond acceptors (Lipinski definition) is 4. The molecule has 2 aromatic rings. The van der Waals surface area contributed by atoms with Crippen LogP contribution < -0.4 is 0 Å². The van der Waals surface area contributed by atoms with Gasteiger partial charge in [-0.3, -0.25) is 14.4 Å². The van der Waals surface area contributed by atoms with Crippen LogP contribution >= 0.6 is 11.6 Å². The number of hydrogen-bond donors (Lipinski definition) is 1. The second-order valence-electron chi connectivity index (χ2n) is 14.6. The van der Waals surface area contributed by atoms with Crippen LogP contribution in [0.25, 0.3) is 11.6 Å². The van der Waals surface area contributed by atoms with Gasteiger partial charge in [-0.25, -0.2) is 4.39 Å². The molecule has 0 saturated carbocycles. The van der Waals surface area contributed by atoms with E-state index in [1.807, 2.05) is 20.8 Å². The highest BCUT2D eigenvalue weighted by Gasteiger charge is 2.27. The van der Waals surface area contributed by atoms with Crippen molar-refractivity contribution in [1.82, 2.24) is 0 Å².